The molecule has 1 saturated heterocycles. The molecule has 1 aliphatic heterocycles. The van der Waals surface area contributed by atoms with Crippen LogP contribution in [-0.4, -0.2) is 49.3 Å². The van der Waals surface area contributed by atoms with E-state index >= 15 is 0 Å². The van der Waals surface area contributed by atoms with Crippen molar-refractivity contribution in [3.63, 3.8) is 0 Å². The van der Waals surface area contributed by atoms with Crippen LogP contribution in [0, 0.1) is 5.41 Å². The van der Waals surface area contributed by atoms with E-state index in [0.717, 1.165) is 25.9 Å². The van der Waals surface area contributed by atoms with Gasteiger partial charge in [0.1, 0.15) is 6.61 Å². The first-order valence-corrected chi connectivity index (χ1v) is 6.24. The molecule has 0 aromatic carbocycles. The molecule has 0 aromatic rings. The second-order valence-corrected chi connectivity index (χ2v) is 5.23. The SMILES string of the molecule is CC(C)(CNC(=O)COC1CCNCC1)C(=O)O. The minimum atomic E-state index is -0.954. The third kappa shape index (κ3) is 5.01. The topological polar surface area (TPSA) is 87.7 Å². The monoisotopic (exact) mass is 258 g/mol. The van der Waals surface area contributed by atoms with E-state index < -0.39 is 11.4 Å². The first-order valence-electron chi connectivity index (χ1n) is 6.24. The van der Waals surface area contributed by atoms with Crippen LogP contribution < -0.4 is 10.6 Å². The van der Waals surface area contributed by atoms with E-state index in [2.05, 4.69) is 10.6 Å². The van der Waals surface area contributed by atoms with E-state index in [1.54, 1.807) is 13.8 Å². The van der Waals surface area contributed by atoms with Gasteiger partial charge >= 0.3 is 5.97 Å². The maximum Gasteiger partial charge on any atom is 0.310 e. The fourth-order valence-electron chi connectivity index (χ4n) is 1.60. The first-order chi connectivity index (χ1) is 8.42. The molecular weight excluding hydrogens is 236 g/mol. The lowest BCUT2D eigenvalue weighted by molar-refractivity contribution is -0.147. The molecule has 1 heterocycles. The molecule has 6 heteroatoms. The molecule has 6 nitrogen and oxygen atoms in total. The van der Waals surface area contributed by atoms with Gasteiger partial charge in [-0.25, -0.2) is 0 Å². The van der Waals surface area contributed by atoms with Crippen molar-refractivity contribution in [3.8, 4) is 0 Å². The van der Waals surface area contributed by atoms with Crippen LogP contribution in [-0.2, 0) is 14.3 Å². The summed E-state index contributed by atoms with van der Waals surface area (Å²) < 4.78 is 5.47. The van der Waals surface area contributed by atoms with Crippen molar-refractivity contribution in [2.45, 2.75) is 32.8 Å². The van der Waals surface area contributed by atoms with Crippen molar-refractivity contribution in [3.05, 3.63) is 0 Å². The van der Waals surface area contributed by atoms with Gasteiger partial charge in [-0.05, 0) is 39.8 Å². The fourth-order valence-corrected chi connectivity index (χ4v) is 1.60. The van der Waals surface area contributed by atoms with E-state index in [0.29, 0.717) is 0 Å². The molecule has 0 spiro atoms. The summed E-state index contributed by atoms with van der Waals surface area (Å²) in [6.07, 6.45) is 1.95. The summed E-state index contributed by atoms with van der Waals surface area (Å²) in [7, 11) is 0. The number of nitrogens with one attached hydrogen (secondary N) is 2. The van der Waals surface area contributed by atoms with Crippen molar-refractivity contribution in [1.82, 2.24) is 10.6 Å². The van der Waals surface area contributed by atoms with Gasteiger partial charge in [-0.2, -0.15) is 0 Å². The number of carboxylic acid groups (broad SMARTS) is 1. The summed E-state index contributed by atoms with van der Waals surface area (Å²) >= 11 is 0. The minimum Gasteiger partial charge on any atom is -0.481 e. The normalized spacial score (nSPS) is 17.4. The lowest BCUT2D eigenvalue weighted by Crippen LogP contribution is -2.41. The Morgan fingerprint density at radius 1 is 1.39 bits per heavy atom. The molecule has 1 rings (SSSR count). The number of hydrogen-bond donors (Lipinski definition) is 3. The number of piperidine rings is 1. The Morgan fingerprint density at radius 2 is 2.00 bits per heavy atom. The third-order valence-corrected chi connectivity index (χ3v) is 3.04. The molecule has 0 aromatic heterocycles. The Balaban J connectivity index is 2.19. The van der Waals surface area contributed by atoms with Gasteiger partial charge in [0, 0.05) is 6.54 Å². The van der Waals surface area contributed by atoms with Crippen LogP contribution in [0.4, 0.5) is 0 Å². The number of carbonyl (C=O) groups excluding carboxylic acids is 1. The lowest BCUT2D eigenvalue weighted by Gasteiger charge is -2.23. The van der Waals surface area contributed by atoms with Crippen LogP contribution in [0.5, 0.6) is 0 Å². The third-order valence-electron chi connectivity index (χ3n) is 3.04. The molecule has 3 N–H and O–H groups in total. The Hall–Kier alpha value is -1.14. The van der Waals surface area contributed by atoms with Crippen LogP contribution in [0.1, 0.15) is 26.7 Å². The minimum absolute atomic E-state index is 0.000363. The molecular formula is C12H22N2O4. The van der Waals surface area contributed by atoms with Crippen molar-refractivity contribution in [2.75, 3.05) is 26.2 Å². The molecule has 0 atom stereocenters. The number of ether oxygens (including phenoxy) is 1. The van der Waals surface area contributed by atoms with Crippen molar-refractivity contribution in [1.29, 1.82) is 0 Å². The first kappa shape index (κ1) is 14.9. The molecule has 0 unspecified atom stereocenters. The number of carboxylic acids is 1. The summed E-state index contributed by atoms with van der Waals surface area (Å²) in [4.78, 5) is 22.4. The average Bonchev–Trinajstić information content (AvgIpc) is 2.35. The van der Waals surface area contributed by atoms with Crippen LogP contribution in [0.25, 0.3) is 0 Å². The highest BCUT2D eigenvalue weighted by molar-refractivity contribution is 5.79. The van der Waals surface area contributed by atoms with Gasteiger partial charge in [0.15, 0.2) is 0 Å². The predicted molar refractivity (Wildman–Crippen MR) is 66.3 cm³/mol. The molecule has 0 saturated carbocycles. The summed E-state index contributed by atoms with van der Waals surface area (Å²) in [5.74, 6) is -1.19. The highest BCUT2D eigenvalue weighted by Crippen LogP contribution is 2.13. The van der Waals surface area contributed by atoms with Crippen molar-refractivity contribution in [2.24, 2.45) is 5.41 Å². The zero-order valence-corrected chi connectivity index (χ0v) is 11.0. The van der Waals surface area contributed by atoms with Crippen LogP contribution in [0.15, 0.2) is 0 Å². The second-order valence-electron chi connectivity index (χ2n) is 5.23. The largest absolute Gasteiger partial charge is 0.481 e. The zero-order valence-electron chi connectivity index (χ0n) is 11.0. The smallest absolute Gasteiger partial charge is 0.310 e. The molecule has 104 valence electrons. The van der Waals surface area contributed by atoms with Gasteiger partial charge in [-0.1, -0.05) is 0 Å². The van der Waals surface area contributed by atoms with E-state index in [4.69, 9.17) is 9.84 Å². The maximum atomic E-state index is 11.5. The molecule has 1 fully saturated rings. The highest BCUT2D eigenvalue weighted by Gasteiger charge is 2.27. The lowest BCUT2D eigenvalue weighted by atomic mass is 9.94. The number of rotatable bonds is 6. The van der Waals surface area contributed by atoms with Crippen LogP contribution in [0.3, 0.4) is 0 Å². The van der Waals surface area contributed by atoms with E-state index in [9.17, 15) is 9.59 Å². The van der Waals surface area contributed by atoms with Gasteiger partial charge in [-0.3, -0.25) is 9.59 Å². The van der Waals surface area contributed by atoms with Crippen molar-refractivity contribution < 1.29 is 19.4 Å². The second kappa shape index (κ2) is 6.70. The summed E-state index contributed by atoms with van der Waals surface area (Å²) in [6.45, 7) is 5.08. The van der Waals surface area contributed by atoms with E-state index in [-0.39, 0.29) is 25.2 Å². The molecule has 1 amide bonds. The maximum absolute atomic E-state index is 11.5. The van der Waals surface area contributed by atoms with Gasteiger partial charge in [0.25, 0.3) is 0 Å². The molecule has 0 bridgehead atoms. The van der Waals surface area contributed by atoms with Gasteiger partial charge in [-0.15, -0.1) is 0 Å². The summed E-state index contributed by atoms with van der Waals surface area (Å²) in [5, 5.41) is 14.7. The van der Waals surface area contributed by atoms with E-state index in [1.807, 2.05) is 0 Å². The predicted octanol–water partition coefficient (Wildman–Crippen LogP) is -0.0180. The summed E-state index contributed by atoms with van der Waals surface area (Å²) in [5.41, 5.74) is -0.954. The Labute approximate surface area is 107 Å². The van der Waals surface area contributed by atoms with E-state index in [1.165, 1.54) is 0 Å². The van der Waals surface area contributed by atoms with Gasteiger partial charge < -0.3 is 20.5 Å². The van der Waals surface area contributed by atoms with Crippen molar-refractivity contribution >= 4 is 11.9 Å². The van der Waals surface area contributed by atoms with Crippen LogP contribution >= 0.6 is 0 Å². The number of hydrogen-bond acceptors (Lipinski definition) is 4. The Morgan fingerprint density at radius 3 is 2.56 bits per heavy atom. The van der Waals surface area contributed by atoms with Gasteiger partial charge in [0.05, 0.1) is 11.5 Å². The number of carbonyl (C=O) groups is 2. The standard InChI is InChI=1S/C12H22N2O4/c1-12(2,11(16)17)8-14-10(15)7-18-9-3-5-13-6-4-9/h9,13H,3-8H2,1-2H3,(H,14,15)(H,16,17). The van der Waals surface area contributed by atoms with Crippen LogP contribution in [0.2, 0.25) is 0 Å². The Kier molecular flexibility index (Phi) is 5.55. The zero-order chi connectivity index (χ0) is 13.6. The quantitative estimate of drug-likeness (QED) is 0.623. The van der Waals surface area contributed by atoms with Gasteiger partial charge in [0.2, 0.25) is 5.91 Å². The Bertz CT molecular complexity index is 298. The average molecular weight is 258 g/mol. The summed E-state index contributed by atoms with van der Waals surface area (Å²) in [6, 6.07) is 0. The molecule has 18 heavy (non-hydrogen) atoms. The molecule has 1 aliphatic rings. The highest BCUT2D eigenvalue weighted by atomic mass is 16.5. The molecule has 0 aliphatic carbocycles. The fraction of sp³-hybridized carbons (Fsp3) is 0.833. The molecule has 0 radical (unpaired) electrons. The number of aliphatic carboxylic acids is 1. The number of amides is 1.